The summed E-state index contributed by atoms with van der Waals surface area (Å²) in [7, 11) is 0. The van der Waals surface area contributed by atoms with Crippen LogP contribution in [0.1, 0.15) is 45.7 Å². The van der Waals surface area contributed by atoms with Gasteiger partial charge in [-0.25, -0.2) is 9.37 Å². The minimum Gasteiger partial charge on any atom is -0.337 e. The lowest BCUT2D eigenvalue weighted by Crippen LogP contribution is -2.35. The van der Waals surface area contributed by atoms with Crippen molar-refractivity contribution in [3.63, 3.8) is 0 Å². The maximum Gasteiger partial charge on any atom is 0.265 e. The first-order valence-corrected chi connectivity index (χ1v) is 10.1. The van der Waals surface area contributed by atoms with Gasteiger partial charge in [0, 0.05) is 38.3 Å². The highest BCUT2D eigenvalue weighted by atomic mass is 32.1. The number of hydrogen-bond donors (Lipinski definition) is 0. The van der Waals surface area contributed by atoms with Crippen LogP contribution < -0.4 is 0 Å². The summed E-state index contributed by atoms with van der Waals surface area (Å²) in [5.74, 6) is -0.0662. The first-order chi connectivity index (χ1) is 12.6. The molecule has 0 saturated carbocycles. The largest absolute Gasteiger partial charge is 0.337 e. The molecule has 140 valence electrons. The lowest BCUT2D eigenvalue weighted by atomic mass is 10.2. The molecule has 2 aromatic rings. The van der Waals surface area contributed by atoms with E-state index in [1.807, 2.05) is 24.0 Å². The zero-order valence-corrected chi connectivity index (χ0v) is 16.3. The van der Waals surface area contributed by atoms with Gasteiger partial charge < -0.3 is 4.90 Å². The zero-order valence-electron chi connectivity index (χ0n) is 15.5. The molecule has 1 fully saturated rings. The Morgan fingerprint density at radius 2 is 2.04 bits per heavy atom. The molecular weight excluding hydrogens is 349 g/mol. The van der Waals surface area contributed by atoms with E-state index >= 15 is 0 Å². The average molecular weight is 376 g/mol. The smallest absolute Gasteiger partial charge is 0.265 e. The van der Waals surface area contributed by atoms with E-state index in [9.17, 15) is 9.18 Å². The van der Waals surface area contributed by atoms with E-state index in [4.69, 9.17) is 0 Å². The van der Waals surface area contributed by atoms with Crippen LogP contribution >= 0.6 is 11.3 Å². The number of aryl methyl sites for hydroxylation is 2. The van der Waals surface area contributed by atoms with Crippen LogP contribution in [0.2, 0.25) is 0 Å². The first-order valence-electron chi connectivity index (χ1n) is 9.29. The van der Waals surface area contributed by atoms with Crippen molar-refractivity contribution < 1.29 is 9.18 Å². The molecule has 0 N–H and O–H groups in total. The minimum absolute atomic E-state index is 0.0927. The Bertz CT molecular complexity index is 761. The predicted octanol–water partition coefficient (Wildman–Crippen LogP) is 3.89. The van der Waals surface area contributed by atoms with E-state index in [0.717, 1.165) is 60.0 Å². The lowest BCUT2D eigenvalue weighted by molar-refractivity contribution is 0.0765. The summed E-state index contributed by atoms with van der Waals surface area (Å²) < 4.78 is 13.9. The number of carbonyl (C=O) groups excluding carboxylic acids is 1. The van der Waals surface area contributed by atoms with Crippen molar-refractivity contribution in [3.05, 3.63) is 51.2 Å². The maximum absolute atomic E-state index is 13.9. The molecule has 1 aliphatic heterocycles. The fourth-order valence-electron chi connectivity index (χ4n) is 3.31. The van der Waals surface area contributed by atoms with Gasteiger partial charge in [-0.3, -0.25) is 9.69 Å². The molecule has 0 spiro atoms. The number of rotatable bonds is 5. The molecule has 6 heteroatoms. The van der Waals surface area contributed by atoms with E-state index in [2.05, 4.69) is 16.8 Å². The van der Waals surface area contributed by atoms with Crippen LogP contribution in [0, 0.1) is 12.7 Å². The van der Waals surface area contributed by atoms with Gasteiger partial charge in [0.15, 0.2) is 0 Å². The number of carbonyl (C=O) groups is 1. The highest BCUT2D eigenvalue weighted by Gasteiger charge is 2.24. The summed E-state index contributed by atoms with van der Waals surface area (Å²) in [5.41, 5.74) is 1.56. The molecule has 1 saturated heterocycles. The molecule has 1 aromatic heterocycles. The summed E-state index contributed by atoms with van der Waals surface area (Å²) in [6, 6.07) is 6.92. The van der Waals surface area contributed by atoms with Crippen LogP contribution in [0.25, 0.3) is 0 Å². The topological polar surface area (TPSA) is 36.4 Å². The Balaban J connectivity index is 1.63. The first kappa shape index (κ1) is 19.0. The molecule has 2 heterocycles. The van der Waals surface area contributed by atoms with Gasteiger partial charge in [-0.15, -0.1) is 11.3 Å². The van der Waals surface area contributed by atoms with E-state index in [1.165, 1.54) is 17.4 Å². The van der Waals surface area contributed by atoms with Crippen LogP contribution in [0.4, 0.5) is 4.39 Å². The van der Waals surface area contributed by atoms with E-state index in [-0.39, 0.29) is 11.7 Å². The molecule has 1 aliphatic rings. The standard InChI is InChI=1S/C20H26FN3OS/c1-3-7-18-22-15(2)19(26-18)20(25)24-11-6-10-23(12-13-24)14-16-8-4-5-9-17(16)21/h4-5,8-9H,3,6-7,10-14H2,1-2H3. The van der Waals surface area contributed by atoms with Gasteiger partial charge in [0.1, 0.15) is 10.7 Å². The molecule has 1 amide bonds. The third-order valence-electron chi connectivity index (χ3n) is 4.73. The van der Waals surface area contributed by atoms with Crippen molar-refractivity contribution in [2.45, 2.75) is 39.7 Å². The van der Waals surface area contributed by atoms with Gasteiger partial charge in [-0.1, -0.05) is 25.1 Å². The van der Waals surface area contributed by atoms with Crippen LogP contribution in [0.15, 0.2) is 24.3 Å². The van der Waals surface area contributed by atoms with Gasteiger partial charge in [0.05, 0.1) is 10.7 Å². The summed E-state index contributed by atoms with van der Waals surface area (Å²) in [6.07, 6.45) is 2.87. The SMILES string of the molecule is CCCc1nc(C)c(C(=O)N2CCCN(Cc3ccccc3F)CC2)s1. The van der Waals surface area contributed by atoms with Gasteiger partial charge in [0.2, 0.25) is 0 Å². The summed E-state index contributed by atoms with van der Waals surface area (Å²) >= 11 is 1.53. The van der Waals surface area contributed by atoms with E-state index in [0.29, 0.717) is 13.1 Å². The highest BCUT2D eigenvalue weighted by molar-refractivity contribution is 7.13. The molecule has 0 bridgehead atoms. The van der Waals surface area contributed by atoms with Crippen molar-refractivity contribution in [1.29, 1.82) is 0 Å². The molecule has 1 aromatic carbocycles. The Kier molecular flexibility index (Phi) is 6.38. The molecular formula is C20H26FN3OS. The normalized spacial score (nSPS) is 15.9. The van der Waals surface area contributed by atoms with Crippen LogP contribution in [-0.2, 0) is 13.0 Å². The number of thiazole rings is 1. The molecule has 3 rings (SSSR count). The Morgan fingerprint density at radius 1 is 1.23 bits per heavy atom. The Labute approximate surface area is 158 Å². The fraction of sp³-hybridized carbons (Fsp3) is 0.500. The highest BCUT2D eigenvalue weighted by Crippen LogP contribution is 2.22. The van der Waals surface area contributed by atoms with Crippen LogP contribution in [-0.4, -0.2) is 46.9 Å². The molecule has 26 heavy (non-hydrogen) atoms. The van der Waals surface area contributed by atoms with Gasteiger partial charge in [-0.05, 0) is 32.3 Å². The van der Waals surface area contributed by atoms with Gasteiger partial charge in [-0.2, -0.15) is 0 Å². The third-order valence-corrected chi connectivity index (χ3v) is 5.93. The number of hydrogen-bond acceptors (Lipinski definition) is 4. The number of nitrogens with zero attached hydrogens (tertiary/aromatic N) is 3. The van der Waals surface area contributed by atoms with Crippen molar-refractivity contribution in [2.24, 2.45) is 0 Å². The monoisotopic (exact) mass is 375 g/mol. The minimum atomic E-state index is -0.159. The molecule has 0 aliphatic carbocycles. The second kappa shape index (κ2) is 8.73. The second-order valence-electron chi connectivity index (χ2n) is 6.79. The summed E-state index contributed by atoms with van der Waals surface area (Å²) in [4.78, 5) is 22.4. The number of halogens is 1. The van der Waals surface area contributed by atoms with Gasteiger partial charge >= 0.3 is 0 Å². The predicted molar refractivity (Wildman–Crippen MR) is 103 cm³/mol. The third kappa shape index (κ3) is 4.48. The average Bonchev–Trinajstić information content (AvgIpc) is 2.84. The quantitative estimate of drug-likeness (QED) is 0.795. The Morgan fingerprint density at radius 3 is 2.81 bits per heavy atom. The fourth-order valence-corrected chi connectivity index (χ4v) is 4.45. The number of aromatic nitrogens is 1. The van der Waals surface area contributed by atoms with E-state index < -0.39 is 0 Å². The van der Waals surface area contributed by atoms with Crippen molar-refractivity contribution in [2.75, 3.05) is 26.2 Å². The van der Waals surface area contributed by atoms with Crippen LogP contribution in [0.5, 0.6) is 0 Å². The van der Waals surface area contributed by atoms with Crippen LogP contribution in [0.3, 0.4) is 0 Å². The summed E-state index contributed by atoms with van der Waals surface area (Å²) in [6.45, 7) is 7.69. The number of amides is 1. The zero-order chi connectivity index (χ0) is 18.5. The van der Waals surface area contributed by atoms with Crippen molar-refractivity contribution in [1.82, 2.24) is 14.8 Å². The van der Waals surface area contributed by atoms with Crippen molar-refractivity contribution >= 4 is 17.2 Å². The molecule has 4 nitrogen and oxygen atoms in total. The second-order valence-corrected chi connectivity index (χ2v) is 7.87. The van der Waals surface area contributed by atoms with Gasteiger partial charge in [0.25, 0.3) is 5.91 Å². The number of benzene rings is 1. The maximum atomic E-state index is 13.9. The summed E-state index contributed by atoms with van der Waals surface area (Å²) in [5, 5.41) is 1.05. The van der Waals surface area contributed by atoms with E-state index in [1.54, 1.807) is 6.07 Å². The lowest BCUT2D eigenvalue weighted by Gasteiger charge is -2.22. The molecule has 0 unspecified atom stereocenters. The Hall–Kier alpha value is -1.79. The molecule has 0 atom stereocenters. The molecule has 0 radical (unpaired) electrons. The van der Waals surface area contributed by atoms with Crippen molar-refractivity contribution in [3.8, 4) is 0 Å².